The van der Waals surface area contributed by atoms with Gasteiger partial charge in [-0.3, -0.25) is 14.2 Å². The zero-order chi connectivity index (χ0) is 23.4. The van der Waals surface area contributed by atoms with Crippen molar-refractivity contribution in [3.8, 4) is 0 Å². The summed E-state index contributed by atoms with van der Waals surface area (Å²) in [5.41, 5.74) is 2.21. The second-order valence-electron chi connectivity index (χ2n) is 7.92. The number of rotatable bonds is 8. The number of para-hydroxylation sites is 1. The van der Waals surface area contributed by atoms with E-state index in [1.807, 2.05) is 49.0 Å². The first kappa shape index (κ1) is 23.3. The van der Waals surface area contributed by atoms with Crippen molar-refractivity contribution in [1.29, 1.82) is 0 Å². The van der Waals surface area contributed by atoms with Gasteiger partial charge in [0.1, 0.15) is 20.8 Å². The molecule has 3 aromatic rings. The average Bonchev–Trinajstić information content (AvgIpc) is 3.30. The van der Waals surface area contributed by atoms with E-state index in [-0.39, 0.29) is 12.0 Å². The lowest BCUT2D eigenvalue weighted by atomic mass is 10.2. The Balaban J connectivity index is 1.69. The summed E-state index contributed by atoms with van der Waals surface area (Å²) in [5, 5.41) is 9.79. The van der Waals surface area contributed by atoms with E-state index in [9.17, 15) is 9.59 Å². The number of benzene rings is 1. The number of unbranched alkanes of at least 4 members (excludes halogenated alkanes) is 2. The van der Waals surface area contributed by atoms with Gasteiger partial charge < -0.3 is 10.0 Å². The number of hydrogen-bond donors (Lipinski definition) is 1. The summed E-state index contributed by atoms with van der Waals surface area (Å²) in [6, 6.07) is 14.3. The Morgan fingerprint density at radius 3 is 2.67 bits per heavy atom. The molecule has 0 saturated heterocycles. The molecule has 6 nitrogen and oxygen atoms in total. The number of hydrogen-bond acceptors (Lipinski definition) is 5. The van der Waals surface area contributed by atoms with Crippen LogP contribution < -0.4 is 24.2 Å². The van der Waals surface area contributed by atoms with Crippen molar-refractivity contribution < 1.29 is 14.5 Å². The van der Waals surface area contributed by atoms with E-state index < -0.39 is 5.97 Å². The number of thioether (sulfide) groups is 1. The summed E-state index contributed by atoms with van der Waals surface area (Å²) >= 11 is 3.19. The van der Waals surface area contributed by atoms with Gasteiger partial charge in [-0.25, -0.2) is 0 Å². The van der Waals surface area contributed by atoms with E-state index in [1.54, 1.807) is 11.8 Å². The number of carbonyl (C=O) groups is 1. The highest BCUT2D eigenvalue weighted by molar-refractivity contribution is 8.08. The number of carboxylic acid groups (broad SMARTS) is 1. The van der Waals surface area contributed by atoms with Crippen molar-refractivity contribution in [3.63, 3.8) is 0 Å². The first-order valence-electron chi connectivity index (χ1n) is 11.2. The third-order valence-corrected chi connectivity index (χ3v) is 8.18. The summed E-state index contributed by atoms with van der Waals surface area (Å²) < 4.78 is 5.71. The maximum absolute atomic E-state index is 13.3. The Morgan fingerprint density at radius 1 is 1.12 bits per heavy atom. The fourth-order valence-electron chi connectivity index (χ4n) is 3.96. The Bertz CT molecular complexity index is 1340. The Morgan fingerprint density at radius 2 is 1.91 bits per heavy atom. The van der Waals surface area contributed by atoms with Gasteiger partial charge in [0.2, 0.25) is 5.69 Å². The molecule has 1 aliphatic heterocycles. The van der Waals surface area contributed by atoms with E-state index in [2.05, 4.69) is 33.7 Å². The minimum atomic E-state index is -0.741. The smallest absolute Gasteiger partial charge is 0.303 e. The highest BCUT2D eigenvalue weighted by atomic mass is 32.2. The summed E-state index contributed by atoms with van der Waals surface area (Å²) in [6.45, 7) is 3.42. The van der Waals surface area contributed by atoms with Gasteiger partial charge >= 0.3 is 5.97 Å². The number of pyridine rings is 1. The van der Waals surface area contributed by atoms with Crippen molar-refractivity contribution in [3.05, 3.63) is 73.9 Å². The van der Waals surface area contributed by atoms with Crippen LogP contribution in [0.15, 0.2) is 58.4 Å². The standard InChI is InChI=1S/C25H27N3O3S2/c1-3-28-21(17-18-11-8-10-16-27(18)15-9-4-5-14-22(29)30)33-23(24(28)31)25-26(2)19-12-6-7-13-20(19)32-25/h6-8,10-13,16-17H,3-5,9,14-15H2,1-2H3/p+1/b25-23-. The average molecular weight is 483 g/mol. The van der Waals surface area contributed by atoms with E-state index in [1.165, 1.54) is 16.2 Å². The van der Waals surface area contributed by atoms with E-state index in [4.69, 9.17) is 5.11 Å². The van der Waals surface area contributed by atoms with Crippen LogP contribution in [0.2, 0.25) is 0 Å². The number of nitrogens with zero attached hydrogens (tertiary/aromatic N) is 3. The minimum Gasteiger partial charge on any atom is -0.481 e. The van der Waals surface area contributed by atoms with Gasteiger partial charge in [-0.05, 0) is 38.0 Å². The molecule has 0 aliphatic carbocycles. The molecule has 33 heavy (non-hydrogen) atoms. The largest absolute Gasteiger partial charge is 0.481 e. The fraction of sp³-hybridized carbons (Fsp3) is 0.320. The van der Waals surface area contributed by atoms with Gasteiger partial charge in [0.05, 0.1) is 5.69 Å². The SMILES string of the molecule is CCn1c(=Cc2cccc[n+]2CCCCCC(=O)O)s/c(=C2\Sc3ccccc3N2C)c1=O. The Hall–Kier alpha value is -2.84. The molecule has 0 fully saturated rings. The quantitative estimate of drug-likeness (QED) is 0.395. The number of carboxylic acids is 1. The number of aliphatic carboxylic acids is 1. The first-order valence-corrected chi connectivity index (χ1v) is 12.8. The molecule has 3 heterocycles. The lowest BCUT2D eigenvalue weighted by Gasteiger charge is -2.11. The topological polar surface area (TPSA) is 66.4 Å². The van der Waals surface area contributed by atoms with Crippen LogP contribution in [0.5, 0.6) is 0 Å². The van der Waals surface area contributed by atoms with Crippen LogP contribution in [0, 0.1) is 0 Å². The second kappa shape index (κ2) is 10.4. The molecule has 0 radical (unpaired) electrons. The molecule has 0 saturated carbocycles. The van der Waals surface area contributed by atoms with Crippen LogP contribution in [-0.4, -0.2) is 22.7 Å². The molecule has 1 aromatic carbocycles. The minimum absolute atomic E-state index is 0.0482. The van der Waals surface area contributed by atoms with Gasteiger partial charge in [-0.15, -0.1) is 11.3 Å². The molecule has 1 aliphatic rings. The maximum atomic E-state index is 13.3. The molecule has 1 N–H and O–H groups in total. The molecular formula is C25H28N3O3S2+. The summed E-state index contributed by atoms with van der Waals surface area (Å²) in [5.74, 6) is -0.741. The Kier molecular flexibility index (Phi) is 7.35. The van der Waals surface area contributed by atoms with Crippen molar-refractivity contribution >= 4 is 45.9 Å². The molecule has 0 spiro atoms. The number of aromatic nitrogens is 2. The number of aryl methyl sites for hydroxylation is 1. The summed E-state index contributed by atoms with van der Waals surface area (Å²) in [7, 11) is 2.02. The van der Waals surface area contributed by atoms with Crippen LogP contribution in [0.25, 0.3) is 11.1 Å². The number of thiazole rings is 1. The maximum Gasteiger partial charge on any atom is 0.303 e. The van der Waals surface area contributed by atoms with Crippen LogP contribution in [0.3, 0.4) is 0 Å². The van der Waals surface area contributed by atoms with Gasteiger partial charge in [0, 0.05) is 49.5 Å². The van der Waals surface area contributed by atoms with Gasteiger partial charge in [-0.1, -0.05) is 23.9 Å². The van der Waals surface area contributed by atoms with E-state index >= 15 is 0 Å². The lowest BCUT2D eigenvalue weighted by Crippen LogP contribution is -2.38. The first-order chi connectivity index (χ1) is 16.0. The van der Waals surface area contributed by atoms with E-state index in [0.29, 0.717) is 13.0 Å². The van der Waals surface area contributed by atoms with Crippen molar-refractivity contribution in [2.24, 2.45) is 0 Å². The van der Waals surface area contributed by atoms with Crippen LogP contribution in [0.1, 0.15) is 38.3 Å². The molecular weight excluding hydrogens is 454 g/mol. The molecule has 4 rings (SSSR count). The lowest BCUT2D eigenvalue weighted by molar-refractivity contribution is -0.699. The summed E-state index contributed by atoms with van der Waals surface area (Å²) in [4.78, 5) is 27.3. The number of fused-ring (bicyclic) bond motifs is 1. The molecule has 8 heteroatoms. The van der Waals surface area contributed by atoms with Crippen molar-refractivity contribution in [1.82, 2.24) is 4.57 Å². The second-order valence-corrected chi connectivity index (χ2v) is 9.98. The van der Waals surface area contributed by atoms with Gasteiger partial charge in [-0.2, -0.15) is 4.57 Å². The molecule has 2 aromatic heterocycles. The highest BCUT2D eigenvalue weighted by Crippen LogP contribution is 2.44. The zero-order valence-electron chi connectivity index (χ0n) is 18.9. The third-order valence-electron chi connectivity index (χ3n) is 5.70. The van der Waals surface area contributed by atoms with Crippen molar-refractivity contribution in [2.45, 2.75) is 50.6 Å². The molecule has 172 valence electrons. The third kappa shape index (κ3) is 5.07. The van der Waals surface area contributed by atoms with E-state index in [0.717, 1.165) is 45.0 Å². The van der Waals surface area contributed by atoms with Gasteiger partial charge in [0.25, 0.3) is 5.56 Å². The molecule has 0 amide bonds. The molecule has 0 bridgehead atoms. The zero-order valence-corrected chi connectivity index (χ0v) is 20.5. The van der Waals surface area contributed by atoms with Gasteiger partial charge in [0.15, 0.2) is 6.20 Å². The predicted octanol–water partition coefficient (Wildman–Crippen LogP) is 3.00. The van der Waals surface area contributed by atoms with Crippen LogP contribution in [-0.2, 0) is 17.9 Å². The highest BCUT2D eigenvalue weighted by Gasteiger charge is 2.24. The van der Waals surface area contributed by atoms with Crippen LogP contribution in [0.4, 0.5) is 5.69 Å². The molecule has 0 atom stereocenters. The van der Waals surface area contributed by atoms with Crippen LogP contribution >= 0.6 is 23.1 Å². The predicted molar refractivity (Wildman–Crippen MR) is 134 cm³/mol. The number of anilines is 1. The normalized spacial score (nSPS) is 15.2. The van der Waals surface area contributed by atoms with Crippen molar-refractivity contribution in [2.75, 3.05) is 11.9 Å². The molecule has 0 unspecified atom stereocenters. The fourth-order valence-corrected chi connectivity index (χ4v) is 6.42. The Labute approximate surface area is 201 Å². The summed E-state index contributed by atoms with van der Waals surface area (Å²) in [6.07, 6.45) is 6.82. The monoisotopic (exact) mass is 482 g/mol.